The molecule has 23 heavy (non-hydrogen) atoms. The highest BCUT2D eigenvalue weighted by molar-refractivity contribution is 6.30. The third kappa shape index (κ3) is 4.32. The topological polar surface area (TPSA) is 57.0 Å². The number of carbonyl (C=O) groups is 1. The highest BCUT2D eigenvalue weighted by Crippen LogP contribution is 2.26. The quantitative estimate of drug-likeness (QED) is 0.757. The summed E-state index contributed by atoms with van der Waals surface area (Å²) in [6.07, 6.45) is 1.93. The lowest BCUT2D eigenvalue weighted by Crippen LogP contribution is -2.28. The number of halogens is 1. The Morgan fingerprint density at radius 1 is 1.35 bits per heavy atom. The van der Waals surface area contributed by atoms with Gasteiger partial charge in [-0.3, -0.25) is 4.79 Å². The molecular weight excluding hydrogens is 314 g/mol. The lowest BCUT2D eigenvalue weighted by atomic mass is 9.96. The first-order chi connectivity index (χ1) is 10.8. The average Bonchev–Trinajstić information content (AvgIpc) is 2.90. The second-order valence-electron chi connectivity index (χ2n) is 6.40. The summed E-state index contributed by atoms with van der Waals surface area (Å²) in [5, 5.41) is 4.82. The van der Waals surface area contributed by atoms with Crippen LogP contribution in [-0.4, -0.2) is 27.3 Å². The van der Waals surface area contributed by atoms with Crippen molar-refractivity contribution in [1.82, 2.24) is 14.8 Å². The summed E-state index contributed by atoms with van der Waals surface area (Å²) in [4.78, 5) is 17.0. The van der Waals surface area contributed by atoms with E-state index in [1.54, 1.807) is 12.1 Å². The molecule has 0 saturated heterocycles. The Morgan fingerprint density at radius 3 is 2.70 bits per heavy atom. The molecule has 124 valence electrons. The number of hydrogen-bond acceptors (Lipinski definition) is 4. The number of benzene rings is 1. The van der Waals surface area contributed by atoms with Crippen LogP contribution in [-0.2, 0) is 0 Å². The first-order valence-corrected chi connectivity index (χ1v) is 8.11. The number of hydrogen-bond donors (Lipinski definition) is 0. The summed E-state index contributed by atoms with van der Waals surface area (Å²) in [6, 6.07) is 7.41. The zero-order chi connectivity index (χ0) is 17.0. The summed E-state index contributed by atoms with van der Waals surface area (Å²) < 4.78 is 6.87. The molecule has 0 fully saturated rings. The number of aromatic nitrogens is 3. The van der Waals surface area contributed by atoms with Gasteiger partial charge in [0.15, 0.2) is 5.82 Å². The van der Waals surface area contributed by atoms with E-state index in [9.17, 15) is 4.79 Å². The van der Waals surface area contributed by atoms with E-state index in [2.05, 4.69) is 17.0 Å². The Morgan fingerprint density at radius 2 is 2.09 bits per heavy atom. The van der Waals surface area contributed by atoms with Gasteiger partial charge in [0.2, 0.25) is 0 Å². The molecule has 2 aromatic rings. The molecule has 6 heteroatoms. The molecule has 1 heterocycles. The van der Waals surface area contributed by atoms with Gasteiger partial charge in [0.25, 0.3) is 5.91 Å². The smallest absolute Gasteiger partial charge is 0.336 e. The van der Waals surface area contributed by atoms with Crippen molar-refractivity contribution in [1.29, 1.82) is 0 Å². The van der Waals surface area contributed by atoms with Crippen molar-refractivity contribution in [3.8, 4) is 17.4 Å². The van der Waals surface area contributed by atoms with Crippen LogP contribution in [0.15, 0.2) is 24.3 Å². The van der Waals surface area contributed by atoms with Crippen LogP contribution in [0, 0.1) is 5.41 Å². The van der Waals surface area contributed by atoms with Gasteiger partial charge in [0.1, 0.15) is 0 Å². The molecule has 0 saturated carbocycles. The maximum atomic E-state index is 12.7. The van der Waals surface area contributed by atoms with Crippen molar-refractivity contribution < 1.29 is 9.53 Å². The second-order valence-corrected chi connectivity index (χ2v) is 6.83. The van der Waals surface area contributed by atoms with E-state index >= 15 is 0 Å². The van der Waals surface area contributed by atoms with Crippen LogP contribution in [0.3, 0.4) is 0 Å². The van der Waals surface area contributed by atoms with Gasteiger partial charge in [0, 0.05) is 16.0 Å². The Bertz CT molecular complexity index is 689. The molecule has 0 aliphatic heterocycles. The first-order valence-electron chi connectivity index (χ1n) is 7.73. The van der Waals surface area contributed by atoms with Gasteiger partial charge < -0.3 is 4.74 Å². The molecule has 1 aromatic carbocycles. The zero-order valence-corrected chi connectivity index (χ0v) is 14.7. The van der Waals surface area contributed by atoms with Gasteiger partial charge in [0.05, 0.1) is 6.61 Å². The minimum atomic E-state index is -0.582. The van der Waals surface area contributed by atoms with E-state index in [-0.39, 0.29) is 11.9 Å². The predicted molar refractivity (Wildman–Crippen MR) is 91.0 cm³/mol. The Hall–Kier alpha value is -1.88. The minimum Gasteiger partial charge on any atom is -0.462 e. The van der Waals surface area contributed by atoms with Gasteiger partial charge in [-0.15, -0.1) is 5.10 Å². The molecular formula is C17H22ClN3O2. The summed E-state index contributed by atoms with van der Waals surface area (Å²) in [5.74, 6) is 0.296. The molecule has 0 N–H and O–H groups in total. The van der Waals surface area contributed by atoms with Gasteiger partial charge in [-0.05, 0) is 18.6 Å². The maximum Gasteiger partial charge on any atom is 0.336 e. The van der Waals surface area contributed by atoms with Crippen LogP contribution < -0.4 is 4.74 Å². The largest absolute Gasteiger partial charge is 0.462 e. The summed E-state index contributed by atoms with van der Waals surface area (Å²) in [6.45, 7) is 8.14. The van der Waals surface area contributed by atoms with Crippen LogP contribution in [0.1, 0.15) is 45.3 Å². The fourth-order valence-electron chi connectivity index (χ4n) is 1.94. The van der Waals surface area contributed by atoms with E-state index in [0.717, 1.165) is 18.4 Å². The SMILES string of the molecule is CCCCOc1nc(-c2cccc(Cl)c2)n(C(=O)C(C)(C)C)n1. The van der Waals surface area contributed by atoms with E-state index in [4.69, 9.17) is 16.3 Å². The van der Waals surface area contributed by atoms with E-state index in [1.165, 1.54) is 4.68 Å². The molecule has 0 bridgehead atoms. The molecule has 1 aromatic heterocycles. The average molecular weight is 336 g/mol. The Balaban J connectivity index is 2.43. The van der Waals surface area contributed by atoms with Crippen molar-refractivity contribution in [3.05, 3.63) is 29.3 Å². The molecule has 0 amide bonds. The molecule has 0 spiro atoms. The third-order valence-corrected chi connectivity index (χ3v) is 3.47. The number of nitrogens with zero attached hydrogens (tertiary/aromatic N) is 3. The fraction of sp³-hybridized carbons (Fsp3) is 0.471. The number of rotatable bonds is 5. The highest BCUT2D eigenvalue weighted by Gasteiger charge is 2.28. The summed E-state index contributed by atoms with van der Waals surface area (Å²) in [5.41, 5.74) is 0.148. The molecule has 0 radical (unpaired) electrons. The fourth-order valence-corrected chi connectivity index (χ4v) is 2.13. The van der Waals surface area contributed by atoms with Crippen LogP contribution in [0.5, 0.6) is 6.01 Å². The van der Waals surface area contributed by atoms with Crippen molar-refractivity contribution >= 4 is 17.5 Å². The van der Waals surface area contributed by atoms with Gasteiger partial charge in [-0.25, -0.2) is 0 Å². The number of ether oxygens (including phenoxy) is 1. The predicted octanol–water partition coefficient (Wildman–Crippen LogP) is 4.46. The third-order valence-electron chi connectivity index (χ3n) is 3.23. The standard InChI is InChI=1S/C17H22ClN3O2/c1-5-6-10-23-16-19-14(12-8-7-9-13(18)11-12)21(20-16)15(22)17(2,3)4/h7-9,11H,5-6,10H2,1-4H3. The van der Waals surface area contributed by atoms with Crippen LogP contribution in [0.2, 0.25) is 5.02 Å². The van der Waals surface area contributed by atoms with Crippen molar-refractivity contribution in [2.75, 3.05) is 6.61 Å². The van der Waals surface area contributed by atoms with Crippen molar-refractivity contribution in [2.45, 2.75) is 40.5 Å². The van der Waals surface area contributed by atoms with Crippen LogP contribution in [0.25, 0.3) is 11.4 Å². The highest BCUT2D eigenvalue weighted by atomic mass is 35.5. The van der Waals surface area contributed by atoms with Gasteiger partial charge in [-0.2, -0.15) is 9.67 Å². The molecule has 0 aliphatic carbocycles. The van der Waals surface area contributed by atoms with Crippen LogP contribution >= 0.6 is 11.6 Å². The maximum absolute atomic E-state index is 12.7. The monoisotopic (exact) mass is 335 g/mol. The molecule has 0 atom stereocenters. The molecule has 0 aliphatic rings. The summed E-state index contributed by atoms with van der Waals surface area (Å²) in [7, 11) is 0. The molecule has 0 unspecified atom stereocenters. The van der Waals surface area contributed by atoms with Gasteiger partial charge >= 0.3 is 6.01 Å². The van der Waals surface area contributed by atoms with Gasteiger partial charge in [-0.1, -0.05) is 57.8 Å². The molecule has 5 nitrogen and oxygen atoms in total. The van der Waals surface area contributed by atoms with E-state index in [1.807, 2.05) is 32.9 Å². The lowest BCUT2D eigenvalue weighted by Gasteiger charge is -2.16. The van der Waals surface area contributed by atoms with E-state index in [0.29, 0.717) is 17.5 Å². The minimum absolute atomic E-state index is 0.148. The van der Waals surface area contributed by atoms with Crippen molar-refractivity contribution in [2.24, 2.45) is 5.41 Å². The number of carbonyl (C=O) groups excluding carboxylic acids is 1. The van der Waals surface area contributed by atoms with Crippen LogP contribution in [0.4, 0.5) is 0 Å². The summed E-state index contributed by atoms with van der Waals surface area (Å²) >= 11 is 6.05. The number of unbranched alkanes of at least 4 members (excludes halogenated alkanes) is 1. The van der Waals surface area contributed by atoms with Crippen molar-refractivity contribution in [3.63, 3.8) is 0 Å². The molecule has 2 rings (SSSR count). The Labute approximate surface area is 141 Å². The Kier molecular flexibility index (Phi) is 5.42. The lowest BCUT2D eigenvalue weighted by molar-refractivity contribution is 0.0748. The second kappa shape index (κ2) is 7.13. The van der Waals surface area contributed by atoms with E-state index < -0.39 is 5.41 Å². The normalized spacial score (nSPS) is 11.5. The first kappa shape index (κ1) is 17.5. The zero-order valence-electron chi connectivity index (χ0n) is 14.0.